The van der Waals surface area contributed by atoms with Gasteiger partial charge in [0.2, 0.25) is 5.92 Å². The smallest absolute Gasteiger partial charge is 0.248 e. The molecule has 0 saturated heterocycles. The highest BCUT2D eigenvalue weighted by Gasteiger charge is 2.40. The van der Waals surface area contributed by atoms with Gasteiger partial charge in [-0.3, -0.25) is 11.3 Å². The molecule has 1 saturated carbocycles. The lowest BCUT2D eigenvalue weighted by Gasteiger charge is -2.20. The van der Waals surface area contributed by atoms with Crippen LogP contribution in [-0.4, -0.2) is 5.92 Å². The minimum atomic E-state index is -2.61. The van der Waals surface area contributed by atoms with E-state index in [0.717, 1.165) is 12.1 Å². The molecule has 2 unspecified atom stereocenters. The summed E-state index contributed by atoms with van der Waals surface area (Å²) in [5, 5.41) is 0. The first-order valence-electron chi connectivity index (χ1n) is 6.20. The third kappa shape index (κ3) is 3.45. The summed E-state index contributed by atoms with van der Waals surface area (Å²) in [5.74, 6) is 0.707. The number of alkyl halides is 2. The average molecular weight is 276 g/mol. The molecular weight excluding hydrogens is 260 g/mol. The molecule has 0 amide bonds. The zero-order valence-corrected chi connectivity index (χ0v) is 10.3. The first-order valence-corrected chi connectivity index (χ1v) is 6.20. The van der Waals surface area contributed by atoms with Crippen molar-refractivity contribution < 1.29 is 17.6 Å². The van der Waals surface area contributed by atoms with Crippen molar-refractivity contribution in [2.45, 2.75) is 37.6 Å². The highest BCUT2D eigenvalue weighted by molar-refractivity contribution is 5.21. The minimum absolute atomic E-state index is 0.118. The van der Waals surface area contributed by atoms with E-state index in [9.17, 15) is 17.6 Å². The first kappa shape index (κ1) is 14.3. The van der Waals surface area contributed by atoms with Crippen molar-refractivity contribution in [2.75, 3.05) is 0 Å². The Kier molecular flexibility index (Phi) is 4.10. The van der Waals surface area contributed by atoms with E-state index in [1.54, 1.807) is 0 Å². The zero-order chi connectivity index (χ0) is 14.0. The van der Waals surface area contributed by atoms with E-state index in [4.69, 9.17) is 5.84 Å². The van der Waals surface area contributed by atoms with E-state index in [2.05, 4.69) is 5.43 Å². The summed E-state index contributed by atoms with van der Waals surface area (Å²) < 4.78 is 52.2. The number of hydrazine groups is 1. The molecule has 6 heteroatoms. The second-order valence-corrected chi connectivity index (χ2v) is 5.09. The van der Waals surface area contributed by atoms with Gasteiger partial charge >= 0.3 is 0 Å². The Labute approximate surface area is 109 Å². The van der Waals surface area contributed by atoms with Crippen molar-refractivity contribution in [1.82, 2.24) is 5.43 Å². The molecule has 0 aliphatic heterocycles. The fraction of sp³-hybridized carbons (Fsp3) is 0.538. The monoisotopic (exact) mass is 276 g/mol. The zero-order valence-electron chi connectivity index (χ0n) is 10.3. The normalized spacial score (nSPS) is 23.5. The van der Waals surface area contributed by atoms with Crippen molar-refractivity contribution in [1.29, 1.82) is 0 Å². The number of benzene rings is 1. The van der Waals surface area contributed by atoms with Crippen LogP contribution in [0.1, 0.15) is 37.3 Å². The Morgan fingerprint density at radius 2 is 2.05 bits per heavy atom. The molecular formula is C13H16F4N2. The first-order chi connectivity index (χ1) is 8.91. The van der Waals surface area contributed by atoms with Crippen LogP contribution in [0, 0.1) is 17.6 Å². The molecule has 2 rings (SSSR count). The van der Waals surface area contributed by atoms with Crippen molar-refractivity contribution in [3.05, 3.63) is 35.4 Å². The fourth-order valence-corrected chi connectivity index (χ4v) is 2.61. The van der Waals surface area contributed by atoms with Crippen LogP contribution in [-0.2, 0) is 0 Å². The molecule has 1 aliphatic rings. The molecule has 106 valence electrons. The van der Waals surface area contributed by atoms with Crippen LogP contribution in [0.15, 0.2) is 18.2 Å². The summed E-state index contributed by atoms with van der Waals surface area (Å²) in [4.78, 5) is 0. The van der Waals surface area contributed by atoms with Gasteiger partial charge in [-0.05, 0) is 36.5 Å². The molecule has 1 aliphatic carbocycles. The predicted molar refractivity (Wildman–Crippen MR) is 63.3 cm³/mol. The maximum absolute atomic E-state index is 13.1. The minimum Gasteiger partial charge on any atom is -0.271 e. The summed E-state index contributed by atoms with van der Waals surface area (Å²) in [7, 11) is 0. The van der Waals surface area contributed by atoms with Gasteiger partial charge in [-0.1, -0.05) is 6.07 Å². The number of hydrogen-bond acceptors (Lipinski definition) is 2. The fourth-order valence-electron chi connectivity index (χ4n) is 2.61. The van der Waals surface area contributed by atoms with Crippen molar-refractivity contribution in [2.24, 2.45) is 11.8 Å². The van der Waals surface area contributed by atoms with Crippen LogP contribution in [0.25, 0.3) is 0 Å². The summed E-state index contributed by atoms with van der Waals surface area (Å²) in [6.45, 7) is 0. The van der Waals surface area contributed by atoms with E-state index < -0.39 is 23.6 Å². The Balaban J connectivity index is 2.06. The van der Waals surface area contributed by atoms with Gasteiger partial charge < -0.3 is 0 Å². The molecule has 0 spiro atoms. The molecule has 2 nitrogen and oxygen atoms in total. The number of halogens is 4. The van der Waals surface area contributed by atoms with Gasteiger partial charge in [-0.25, -0.2) is 17.6 Å². The standard InChI is InChI=1S/C13H16F4N2/c14-10-2-1-9(6-11(10)15)12(19-18)5-8-3-4-13(16,17)7-8/h1-2,6,8,12,19H,3-5,7,18H2. The highest BCUT2D eigenvalue weighted by Crippen LogP contribution is 2.42. The Morgan fingerprint density at radius 1 is 1.32 bits per heavy atom. The lowest BCUT2D eigenvalue weighted by atomic mass is 9.94. The van der Waals surface area contributed by atoms with Crippen LogP contribution >= 0.6 is 0 Å². The molecule has 3 N–H and O–H groups in total. The molecule has 2 atom stereocenters. The number of nitrogens with one attached hydrogen (secondary N) is 1. The summed E-state index contributed by atoms with van der Waals surface area (Å²) in [6.07, 6.45) is 0.521. The third-order valence-corrected chi connectivity index (χ3v) is 3.62. The SMILES string of the molecule is NNC(CC1CCC(F)(F)C1)c1ccc(F)c(F)c1. The highest BCUT2D eigenvalue weighted by atomic mass is 19.3. The number of hydrogen-bond donors (Lipinski definition) is 2. The number of nitrogens with two attached hydrogens (primary N) is 1. The molecule has 0 bridgehead atoms. The van der Waals surface area contributed by atoms with Crippen LogP contribution in [0.4, 0.5) is 17.6 Å². The van der Waals surface area contributed by atoms with E-state index >= 15 is 0 Å². The summed E-state index contributed by atoms with van der Waals surface area (Å²) in [6, 6.07) is 3.02. The molecule has 1 aromatic rings. The van der Waals surface area contributed by atoms with Crippen molar-refractivity contribution in [3.63, 3.8) is 0 Å². The van der Waals surface area contributed by atoms with Gasteiger partial charge in [0.15, 0.2) is 11.6 Å². The largest absolute Gasteiger partial charge is 0.271 e. The van der Waals surface area contributed by atoms with Gasteiger partial charge in [0.25, 0.3) is 0 Å². The second-order valence-electron chi connectivity index (χ2n) is 5.09. The number of rotatable bonds is 4. The lowest BCUT2D eigenvalue weighted by Crippen LogP contribution is -2.29. The van der Waals surface area contributed by atoms with Crippen LogP contribution in [0.5, 0.6) is 0 Å². The van der Waals surface area contributed by atoms with Gasteiger partial charge in [0, 0.05) is 18.9 Å². The summed E-state index contributed by atoms with van der Waals surface area (Å²) >= 11 is 0. The van der Waals surface area contributed by atoms with Gasteiger partial charge in [-0.15, -0.1) is 0 Å². The Morgan fingerprint density at radius 3 is 2.58 bits per heavy atom. The van der Waals surface area contributed by atoms with Crippen LogP contribution in [0.2, 0.25) is 0 Å². The van der Waals surface area contributed by atoms with Crippen molar-refractivity contribution >= 4 is 0 Å². The molecule has 1 aromatic carbocycles. The van der Waals surface area contributed by atoms with E-state index in [0.29, 0.717) is 18.4 Å². The van der Waals surface area contributed by atoms with Crippen molar-refractivity contribution in [3.8, 4) is 0 Å². The molecule has 0 heterocycles. The van der Waals surface area contributed by atoms with Gasteiger partial charge in [0.05, 0.1) is 0 Å². The molecule has 0 aromatic heterocycles. The Bertz CT molecular complexity index is 450. The molecule has 0 radical (unpaired) electrons. The van der Waals surface area contributed by atoms with E-state index in [-0.39, 0.29) is 18.8 Å². The van der Waals surface area contributed by atoms with E-state index in [1.165, 1.54) is 6.07 Å². The van der Waals surface area contributed by atoms with Crippen LogP contribution < -0.4 is 11.3 Å². The van der Waals surface area contributed by atoms with Gasteiger partial charge in [0.1, 0.15) is 0 Å². The lowest BCUT2D eigenvalue weighted by molar-refractivity contribution is 0.00430. The van der Waals surface area contributed by atoms with E-state index in [1.807, 2.05) is 0 Å². The topological polar surface area (TPSA) is 38.0 Å². The maximum Gasteiger partial charge on any atom is 0.248 e. The predicted octanol–water partition coefficient (Wildman–Crippen LogP) is 3.29. The third-order valence-electron chi connectivity index (χ3n) is 3.62. The Hall–Kier alpha value is -1.14. The second kappa shape index (κ2) is 5.46. The van der Waals surface area contributed by atoms with Gasteiger partial charge in [-0.2, -0.15) is 0 Å². The van der Waals surface area contributed by atoms with Crippen LogP contribution in [0.3, 0.4) is 0 Å². The molecule has 19 heavy (non-hydrogen) atoms. The summed E-state index contributed by atoms with van der Waals surface area (Å²) in [5.41, 5.74) is 2.95. The maximum atomic E-state index is 13.1. The quantitative estimate of drug-likeness (QED) is 0.503. The molecule has 1 fully saturated rings. The average Bonchev–Trinajstić information content (AvgIpc) is 2.69.